The molecule has 0 fully saturated rings. The molecule has 0 aliphatic heterocycles. The average Bonchev–Trinajstić information content (AvgIpc) is 2.58. The predicted octanol–water partition coefficient (Wildman–Crippen LogP) is 1.27. The second kappa shape index (κ2) is 7.72. The Labute approximate surface area is 158 Å². The van der Waals surface area contributed by atoms with Crippen LogP contribution in [0, 0.1) is 20.8 Å². The number of quaternary nitrogens is 1. The zero-order chi connectivity index (χ0) is 19.6. The van der Waals surface area contributed by atoms with E-state index >= 15 is 0 Å². The Morgan fingerprint density at radius 1 is 1.15 bits per heavy atom. The van der Waals surface area contributed by atoms with Gasteiger partial charge in [0.1, 0.15) is 17.9 Å². The molecular weight excluding hydrogens is 340 g/mol. The van der Waals surface area contributed by atoms with E-state index in [0.717, 1.165) is 27.4 Å². The summed E-state index contributed by atoms with van der Waals surface area (Å²) in [5.41, 5.74) is 5.12. The molecule has 1 aromatic carbocycles. The maximum absolute atomic E-state index is 12.4. The fraction of sp³-hybridized carbons (Fsp3) is 0.286. The fourth-order valence-electron chi connectivity index (χ4n) is 3.18. The van der Waals surface area contributed by atoms with E-state index in [-0.39, 0.29) is 11.5 Å². The van der Waals surface area contributed by atoms with Crippen LogP contribution in [0.4, 0.5) is 5.69 Å². The summed E-state index contributed by atoms with van der Waals surface area (Å²) in [7, 11) is 1.92. The number of fused-ring (bicyclic) bond motifs is 1. The third-order valence-corrected chi connectivity index (χ3v) is 4.76. The average molecular weight is 365 g/mol. The van der Waals surface area contributed by atoms with Gasteiger partial charge in [0.25, 0.3) is 11.5 Å². The molecule has 2 heterocycles. The summed E-state index contributed by atoms with van der Waals surface area (Å²) in [6.45, 7) is 6.69. The molecule has 0 spiro atoms. The summed E-state index contributed by atoms with van der Waals surface area (Å²) in [6.07, 6.45) is 0. The number of anilines is 1. The molecule has 0 aliphatic carbocycles. The molecule has 27 heavy (non-hydrogen) atoms. The Morgan fingerprint density at radius 2 is 1.89 bits per heavy atom. The molecule has 3 aromatic rings. The van der Waals surface area contributed by atoms with Crippen molar-refractivity contribution in [3.8, 4) is 0 Å². The first kappa shape index (κ1) is 18.8. The van der Waals surface area contributed by atoms with Crippen LogP contribution in [0.15, 0.2) is 47.3 Å². The number of benzene rings is 1. The SMILES string of the molecule is Cc1cccc(NC(=O)C[NH+](C)Cc2cc(=O)n3c(C)cccc3n2)c1C. The number of amides is 1. The number of carbonyl (C=O) groups excluding carboxylic acids is 1. The summed E-state index contributed by atoms with van der Waals surface area (Å²) < 4.78 is 1.59. The van der Waals surface area contributed by atoms with Crippen molar-refractivity contribution in [3.05, 3.63) is 75.3 Å². The predicted molar refractivity (Wildman–Crippen MR) is 106 cm³/mol. The van der Waals surface area contributed by atoms with Gasteiger partial charge in [-0.3, -0.25) is 14.0 Å². The van der Waals surface area contributed by atoms with Crippen LogP contribution in [0.25, 0.3) is 5.65 Å². The van der Waals surface area contributed by atoms with E-state index in [4.69, 9.17) is 0 Å². The molecule has 6 nitrogen and oxygen atoms in total. The van der Waals surface area contributed by atoms with Crippen molar-refractivity contribution >= 4 is 17.2 Å². The van der Waals surface area contributed by atoms with E-state index < -0.39 is 0 Å². The number of hydrogen-bond donors (Lipinski definition) is 2. The zero-order valence-electron chi connectivity index (χ0n) is 16.2. The van der Waals surface area contributed by atoms with Crippen LogP contribution in [0.3, 0.4) is 0 Å². The van der Waals surface area contributed by atoms with Crippen LogP contribution >= 0.6 is 0 Å². The highest BCUT2D eigenvalue weighted by Crippen LogP contribution is 2.17. The van der Waals surface area contributed by atoms with Crippen LogP contribution in [0.2, 0.25) is 0 Å². The molecule has 6 heteroatoms. The highest BCUT2D eigenvalue weighted by atomic mass is 16.2. The number of likely N-dealkylation sites (N-methyl/N-ethyl adjacent to an activating group) is 1. The third kappa shape index (κ3) is 4.23. The number of aromatic nitrogens is 2. The Balaban J connectivity index is 1.69. The first-order valence-electron chi connectivity index (χ1n) is 9.01. The number of carbonyl (C=O) groups is 1. The molecular formula is C21H25N4O2+. The van der Waals surface area contributed by atoms with Gasteiger partial charge in [0, 0.05) is 17.4 Å². The molecule has 0 bridgehead atoms. The Bertz CT molecular complexity index is 1060. The second-order valence-corrected chi connectivity index (χ2v) is 7.05. The summed E-state index contributed by atoms with van der Waals surface area (Å²) >= 11 is 0. The molecule has 140 valence electrons. The Hall–Kier alpha value is -2.99. The van der Waals surface area contributed by atoms with Crippen molar-refractivity contribution in [1.29, 1.82) is 0 Å². The van der Waals surface area contributed by atoms with Crippen LogP contribution < -0.4 is 15.8 Å². The quantitative estimate of drug-likeness (QED) is 0.716. The highest BCUT2D eigenvalue weighted by Gasteiger charge is 2.14. The van der Waals surface area contributed by atoms with Gasteiger partial charge in [-0.05, 0) is 50.1 Å². The van der Waals surface area contributed by atoms with E-state index in [1.165, 1.54) is 0 Å². The number of nitrogens with zero attached hydrogens (tertiary/aromatic N) is 2. The fourth-order valence-corrected chi connectivity index (χ4v) is 3.18. The molecule has 1 amide bonds. The van der Waals surface area contributed by atoms with Gasteiger partial charge in [0.15, 0.2) is 6.54 Å². The van der Waals surface area contributed by atoms with Gasteiger partial charge in [-0.2, -0.15) is 0 Å². The number of aryl methyl sites for hydroxylation is 2. The molecule has 1 atom stereocenters. The maximum Gasteiger partial charge on any atom is 0.279 e. The first-order valence-corrected chi connectivity index (χ1v) is 9.01. The van der Waals surface area contributed by atoms with E-state index in [1.54, 1.807) is 10.5 Å². The minimum atomic E-state index is -0.0965. The third-order valence-electron chi connectivity index (χ3n) is 4.76. The first-order chi connectivity index (χ1) is 12.8. The molecule has 1 unspecified atom stereocenters. The zero-order valence-corrected chi connectivity index (χ0v) is 16.2. The van der Waals surface area contributed by atoms with Crippen molar-refractivity contribution in [2.75, 3.05) is 18.9 Å². The summed E-state index contributed by atoms with van der Waals surface area (Å²) in [5.74, 6) is -0.0606. The molecule has 0 aliphatic rings. The lowest BCUT2D eigenvalue weighted by molar-refractivity contribution is -0.885. The lowest BCUT2D eigenvalue weighted by Gasteiger charge is -2.15. The van der Waals surface area contributed by atoms with Crippen LogP contribution in [-0.4, -0.2) is 28.9 Å². The van der Waals surface area contributed by atoms with Gasteiger partial charge in [-0.15, -0.1) is 0 Å². The number of hydrogen-bond acceptors (Lipinski definition) is 3. The number of rotatable bonds is 5. The number of nitrogens with one attached hydrogen (secondary N) is 2. The normalized spacial score (nSPS) is 12.1. The van der Waals surface area contributed by atoms with E-state index in [1.807, 2.05) is 64.2 Å². The van der Waals surface area contributed by atoms with Gasteiger partial charge in [-0.1, -0.05) is 18.2 Å². The molecule has 2 N–H and O–H groups in total. The summed E-state index contributed by atoms with van der Waals surface area (Å²) in [6, 6.07) is 13.0. The summed E-state index contributed by atoms with van der Waals surface area (Å²) in [4.78, 5) is 30.3. The topological polar surface area (TPSA) is 67.9 Å². The van der Waals surface area contributed by atoms with Crippen molar-refractivity contribution in [2.45, 2.75) is 27.3 Å². The van der Waals surface area contributed by atoms with Gasteiger partial charge >= 0.3 is 0 Å². The monoisotopic (exact) mass is 365 g/mol. The van der Waals surface area contributed by atoms with Crippen LogP contribution in [0.1, 0.15) is 22.5 Å². The number of pyridine rings is 1. The molecule has 0 saturated carbocycles. The Kier molecular flexibility index (Phi) is 5.37. The highest BCUT2D eigenvalue weighted by molar-refractivity contribution is 5.92. The smallest absolute Gasteiger partial charge is 0.279 e. The van der Waals surface area contributed by atoms with Crippen molar-refractivity contribution in [2.24, 2.45) is 0 Å². The van der Waals surface area contributed by atoms with Crippen molar-refractivity contribution in [1.82, 2.24) is 9.38 Å². The lowest BCUT2D eigenvalue weighted by Crippen LogP contribution is -3.08. The molecule has 2 aromatic heterocycles. The van der Waals surface area contributed by atoms with Crippen LogP contribution in [0.5, 0.6) is 0 Å². The minimum absolute atomic E-state index is 0.0606. The lowest BCUT2D eigenvalue weighted by atomic mass is 10.1. The van der Waals surface area contributed by atoms with Gasteiger partial charge in [-0.25, -0.2) is 4.98 Å². The van der Waals surface area contributed by atoms with Crippen molar-refractivity contribution in [3.63, 3.8) is 0 Å². The van der Waals surface area contributed by atoms with Crippen LogP contribution in [-0.2, 0) is 11.3 Å². The molecule has 0 radical (unpaired) electrons. The van der Waals surface area contributed by atoms with Gasteiger partial charge in [0.05, 0.1) is 7.05 Å². The van der Waals surface area contributed by atoms with E-state index in [2.05, 4.69) is 10.3 Å². The Morgan fingerprint density at radius 3 is 2.67 bits per heavy atom. The largest absolute Gasteiger partial charge is 0.325 e. The molecule has 3 rings (SSSR count). The molecule has 0 saturated heterocycles. The van der Waals surface area contributed by atoms with Crippen molar-refractivity contribution < 1.29 is 9.69 Å². The summed E-state index contributed by atoms with van der Waals surface area (Å²) in [5, 5.41) is 2.97. The maximum atomic E-state index is 12.4. The van der Waals surface area contributed by atoms with E-state index in [0.29, 0.717) is 24.4 Å². The minimum Gasteiger partial charge on any atom is -0.325 e. The van der Waals surface area contributed by atoms with Gasteiger partial charge < -0.3 is 10.2 Å². The standard InChI is InChI=1S/C21H24N4O2/c1-14-7-5-9-18(16(14)3)23-20(26)13-24(4)12-17-11-21(27)25-15(2)8-6-10-19(25)22-17/h5-11H,12-13H2,1-4H3,(H,23,26)/p+1. The van der Waals surface area contributed by atoms with E-state index in [9.17, 15) is 9.59 Å². The van der Waals surface area contributed by atoms with Gasteiger partial charge in [0.2, 0.25) is 0 Å². The second-order valence-electron chi connectivity index (χ2n) is 7.05.